The molecule has 17 heavy (non-hydrogen) atoms. The topological polar surface area (TPSA) is 80.5 Å². The first-order valence-corrected chi connectivity index (χ1v) is 5.82. The molecule has 0 saturated carbocycles. The van der Waals surface area contributed by atoms with Crippen molar-refractivity contribution >= 4 is 11.3 Å². The summed E-state index contributed by atoms with van der Waals surface area (Å²) >= 11 is 1.64. The van der Waals surface area contributed by atoms with Crippen LogP contribution < -0.4 is 0 Å². The van der Waals surface area contributed by atoms with Crippen molar-refractivity contribution in [2.45, 2.75) is 13.8 Å². The molecule has 7 heteroatoms. The van der Waals surface area contributed by atoms with Gasteiger partial charge in [0.15, 0.2) is 5.82 Å². The highest BCUT2D eigenvalue weighted by atomic mass is 32.1. The molecule has 1 N–H and O–H groups in total. The van der Waals surface area contributed by atoms with E-state index in [0.717, 1.165) is 4.88 Å². The van der Waals surface area contributed by atoms with Gasteiger partial charge in [-0.15, -0.1) is 11.3 Å². The van der Waals surface area contributed by atoms with Crippen LogP contribution in [0.2, 0.25) is 0 Å². The van der Waals surface area contributed by atoms with Gasteiger partial charge in [-0.25, -0.2) is 4.98 Å². The number of nitrogens with zero attached hydrogens (tertiary/aromatic N) is 4. The minimum absolute atomic E-state index is 0.418. The standard InChI is InChI=1S/C10H9N5OS/c1-5-3-7(17-6(5)2)10-13-9(15-16-10)8-11-4-12-14-8/h3-4H,1-2H3,(H,11,12,14). The van der Waals surface area contributed by atoms with Crippen molar-refractivity contribution in [2.75, 3.05) is 0 Å². The van der Waals surface area contributed by atoms with E-state index in [2.05, 4.69) is 39.2 Å². The summed E-state index contributed by atoms with van der Waals surface area (Å²) in [5.74, 6) is 1.43. The molecule has 0 aromatic carbocycles. The van der Waals surface area contributed by atoms with Gasteiger partial charge in [0, 0.05) is 4.88 Å². The average molecular weight is 247 g/mol. The van der Waals surface area contributed by atoms with Crippen LogP contribution in [0.1, 0.15) is 10.4 Å². The molecular formula is C10H9N5OS. The number of thiophene rings is 1. The van der Waals surface area contributed by atoms with E-state index >= 15 is 0 Å². The summed E-state index contributed by atoms with van der Waals surface area (Å²) in [6.07, 6.45) is 1.41. The zero-order valence-electron chi connectivity index (χ0n) is 9.26. The van der Waals surface area contributed by atoms with Crippen molar-refractivity contribution in [3.63, 3.8) is 0 Å². The monoisotopic (exact) mass is 247 g/mol. The van der Waals surface area contributed by atoms with E-state index < -0.39 is 0 Å². The molecular weight excluding hydrogens is 238 g/mol. The van der Waals surface area contributed by atoms with Gasteiger partial charge < -0.3 is 4.52 Å². The zero-order chi connectivity index (χ0) is 11.8. The molecule has 6 nitrogen and oxygen atoms in total. The number of aryl methyl sites for hydroxylation is 2. The van der Waals surface area contributed by atoms with Crippen LogP contribution >= 0.6 is 11.3 Å². The van der Waals surface area contributed by atoms with Gasteiger partial charge in [0.05, 0.1) is 4.88 Å². The number of H-pyrrole nitrogens is 1. The summed E-state index contributed by atoms with van der Waals surface area (Å²) in [5.41, 5.74) is 1.23. The zero-order valence-corrected chi connectivity index (χ0v) is 10.1. The Morgan fingerprint density at radius 2 is 2.24 bits per heavy atom. The smallest absolute Gasteiger partial charge is 0.268 e. The Bertz CT molecular complexity index is 620. The van der Waals surface area contributed by atoms with Crippen LogP contribution in [0, 0.1) is 13.8 Å². The van der Waals surface area contributed by atoms with Crippen LogP contribution in [0.3, 0.4) is 0 Å². The molecule has 0 spiro atoms. The van der Waals surface area contributed by atoms with Crippen molar-refractivity contribution in [3.8, 4) is 22.4 Å². The predicted molar refractivity (Wildman–Crippen MR) is 62.5 cm³/mol. The van der Waals surface area contributed by atoms with Gasteiger partial charge in [0.25, 0.3) is 5.89 Å². The summed E-state index contributed by atoms with van der Waals surface area (Å²) in [6.45, 7) is 4.13. The Balaban J connectivity index is 2.00. The Hall–Kier alpha value is -2.02. The summed E-state index contributed by atoms with van der Waals surface area (Å²) in [5, 5.41) is 10.3. The van der Waals surface area contributed by atoms with Crippen LogP contribution in [-0.4, -0.2) is 25.3 Å². The molecule has 0 aliphatic carbocycles. The van der Waals surface area contributed by atoms with Gasteiger partial charge >= 0.3 is 0 Å². The van der Waals surface area contributed by atoms with E-state index in [-0.39, 0.29) is 0 Å². The van der Waals surface area contributed by atoms with Crippen LogP contribution in [-0.2, 0) is 0 Å². The number of nitrogens with one attached hydrogen (secondary N) is 1. The lowest BCUT2D eigenvalue weighted by atomic mass is 10.3. The fraction of sp³-hybridized carbons (Fsp3) is 0.200. The lowest BCUT2D eigenvalue weighted by Crippen LogP contribution is -1.82. The highest BCUT2D eigenvalue weighted by molar-refractivity contribution is 7.15. The number of aromatic nitrogens is 5. The maximum absolute atomic E-state index is 5.20. The molecule has 0 atom stereocenters. The molecule has 0 amide bonds. The summed E-state index contributed by atoms with van der Waals surface area (Å²) in [7, 11) is 0. The fourth-order valence-electron chi connectivity index (χ4n) is 1.41. The Labute approximate surface area is 101 Å². The largest absolute Gasteiger partial charge is 0.333 e. The summed E-state index contributed by atoms with van der Waals surface area (Å²) < 4.78 is 5.20. The quantitative estimate of drug-likeness (QED) is 0.750. The first kappa shape index (κ1) is 10.2. The summed E-state index contributed by atoms with van der Waals surface area (Å²) in [4.78, 5) is 10.5. The Morgan fingerprint density at radius 3 is 2.88 bits per heavy atom. The highest BCUT2D eigenvalue weighted by Gasteiger charge is 2.14. The van der Waals surface area contributed by atoms with E-state index in [4.69, 9.17) is 4.52 Å². The fourth-order valence-corrected chi connectivity index (χ4v) is 2.37. The minimum atomic E-state index is 0.418. The van der Waals surface area contributed by atoms with Crippen LogP contribution in [0.5, 0.6) is 0 Å². The molecule has 0 aliphatic heterocycles. The predicted octanol–water partition coefficient (Wildman–Crippen LogP) is 2.20. The van der Waals surface area contributed by atoms with Gasteiger partial charge in [-0.1, -0.05) is 5.16 Å². The van der Waals surface area contributed by atoms with E-state index in [1.807, 2.05) is 6.07 Å². The van der Waals surface area contributed by atoms with Crippen LogP contribution in [0.25, 0.3) is 22.4 Å². The van der Waals surface area contributed by atoms with Crippen molar-refractivity contribution in [3.05, 3.63) is 22.8 Å². The van der Waals surface area contributed by atoms with Gasteiger partial charge in [-0.05, 0) is 25.5 Å². The van der Waals surface area contributed by atoms with E-state index in [1.54, 1.807) is 11.3 Å². The molecule has 3 rings (SSSR count). The SMILES string of the molecule is Cc1cc(-c2nc(-c3ncn[nH]3)no2)sc1C. The number of rotatable bonds is 2. The van der Waals surface area contributed by atoms with Crippen LogP contribution in [0.4, 0.5) is 0 Å². The minimum Gasteiger partial charge on any atom is -0.333 e. The lowest BCUT2D eigenvalue weighted by molar-refractivity contribution is 0.433. The van der Waals surface area contributed by atoms with Crippen molar-refractivity contribution < 1.29 is 4.52 Å². The van der Waals surface area contributed by atoms with Crippen LogP contribution in [0.15, 0.2) is 16.9 Å². The number of hydrogen-bond acceptors (Lipinski definition) is 6. The van der Waals surface area contributed by atoms with Crippen molar-refractivity contribution in [2.24, 2.45) is 0 Å². The molecule has 0 aliphatic rings. The molecule has 0 fully saturated rings. The average Bonchev–Trinajstić information content (AvgIpc) is 3.00. The second-order valence-corrected chi connectivity index (χ2v) is 4.86. The third kappa shape index (κ3) is 1.74. The van der Waals surface area contributed by atoms with E-state index in [1.165, 1.54) is 16.8 Å². The van der Waals surface area contributed by atoms with Gasteiger partial charge in [-0.2, -0.15) is 10.1 Å². The third-order valence-corrected chi connectivity index (χ3v) is 3.57. The number of aromatic amines is 1. The van der Waals surface area contributed by atoms with E-state index in [9.17, 15) is 0 Å². The van der Waals surface area contributed by atoms with Gasteiger partial charge in [0.2, 0.25) is 5.82 Å². The second kappa shape index (κ2) is 3.77. The normalized spacial score (nSPS) is 10.9. The van der Waals surface area contributed by atoms with Crippen molar-refractivity contribution in [1.82, 2.24) is 25.3 Å². The molecule has 0 unspecified atom stereocenters. The summed E-state index contributed by atoms with van der Waals surface area (Å²) in [6, 6.07) is 2.04. The van der Waals surface area contributed by atoms with Gasteiger partial charge in [-0.3, -0.25) is 5.10 Å². The molecule has 0 bridgehead atoms. The second-order valence-electron chi connectivity index (χ2n) is 3.61. The maximum Gasteiger partial charge on any atom is 0.268 e. The first-order chi connectivity index (χ1) is 8.24. The molecule has 0 saturated heterocycles. The molecule has 86 valence electrons. The number of hydrogen-bond donors (Lipinski definition) is 1. The lowest BCUT2D eigenvalue weighted by Gasteiger charge is -1.83. The third-order valence-electron chi connectivity index (χ3n) is 2.43. The Morgan fingerprint density at radius 1 is 1.35 bits per heavy atom. The highest BCUT2D eigenvalue weighted by Crippen LogP contribution is 2.30. The maximum atomic E-state index is 5.20. The van der Waals surface area contributed by atoms with E-state index in [0.29, 0.717) is 17.5 Å². The first-order valence-electron chi connectivity index (χ1n) is 5.01. The molecule has 3 aromatic rings. The molecule has 3 heterocycles. The van der Waals surface area contributed by atoms with Gasteiger partial charge in [0.1, 0.15) is 6.33 Å². The Kier molecular flexibility index (Phi) is 2.25. The van der Waals surface area contributed by atoms with Crippen molar-refractivity contribution in [1.29, 1.82) is 0 Å². The molecule has 0 radical (unpaired) electrons. The molecule has 3 aromatic heterocycles.